The van der Waals surface area contributed by atoms with Crippen LogP contribution in [0.25, 0.3) is 0 Å². The average molecular weight is 367 g/mol. The van der Waals surface area contributed by atoms with Gasteiger partial charge in [0.05, 0.1) is 8.45 Å². The van der Waals surface area contributed by atoms with Crippen molar-refractivity contribution in [3.05, 3.63) is 19.9 Å². The van der Waals surface area contributed by atoms with Crippen molar-refractivity contribution >= 4 is 51.6 Å². The van der Waals surface area contributed by atoms with Gasteiger partial charge in [0, 0.05) is 29.0 Å². The van der Waals surface area contributed by atoms with Crippen molar-refractivity contribution in [2.45, 2.75) is 18.6 Å². The van der Waals surface area contributed by atoms with E-state index in [2.05, 4.69) is 36.4 Å². The summed E-state index contributed by atoms with van der Waals surface area (Å²) >= 11 is 5.84. The molecule has 2 nitrogen and oxygen atoms in total. The first kappa shape index (κ1) is 12.7. The Hall–Kier alpha value is 0.250. The molecule has 0 N–H and O–H groups in total. The molecule has 0 saturated carbocycles. The Morgan fingerprint density at radius 3 is 2.88 bits per heavy atom. The van der Waals surface area contributed by atoms with Gasteiger partial charge in [-0.15, -0.1) is 11.3 Å². The minimum absolute atomic E-state index is 0.188. The van der Waals surface area contributed by atoms with Crippen LogP contribution in [0.5, 0.6) is 0 Å². The Labute approximate surface area is 118 Å². The molecule has 1 fully saturated rings. The van der Waals surface area contributed by atoms with Crippen molar-refractivity contribution in [3.63, 3.8) is 0 Å². The summed E-state index contributed by atoms with van der Waals surface area (Å²) in [6.07, 6.45) is 0. The monoisotopic (exact) mass is 367 g/mol. The fraction of sp³-hybridized carbons (Fsp3) is 0.545. The van der Waals surface area contributed by atoms with E-state index >= 15 is 0 Å². The van der Waals surface area contributed by atoms with Crippen molar-refractivity contribution in [2.75, 3.05) is 18.8 Å². The summed E-state index contributed by atoms with van der Waals surface area (Å²) in [6, 6.07) is 1.97. The second-order valence-corrected chi connectivity index (χ2v) is 9.08. The largest absolute Gasteiger partial charge is 0.336 e. The number of nitrogens with zero attached hydrogens (tertiary/aromatic N) is 1. The molecule has 0 radical (unpaired) electrons. The predicted molar refractivity (Wildman–Crippen MR) is 79.5 cm³/mol. The first-order valence-electron chi connectivity index (χ1n) is 5.15. The zero-order chi connectivity index (χ0) is 11.8. The van der Waals surface area contributed by atoms with Crippen molar-refractivity contribution < 1.29 is 4.79 Å². The van der Waals surface area contributed by atoms with Crippen molar-refractivity contribution in [2.24, 2.45) is 0 Å². The summed E-state index contributed by atoms with van der Waals surface area (Å²) in [5.74, 6) is 1.23. The molecule has 0 atom stereocenters. The molecule has 5 heteroatoms. The van der Waals surface area contributed by atoms with Gasteiger partial charge in [0.25, 0.3) is 5.91 Å². The molecule has 2 rings (SSSR count). The molecule has 1 aliphatic heterocycles. The molecular formula is C11H14INOS2. The third-order valence-electron chi connectivity index (χ3n) is 2.53. The molecular weight excluding hydrogens is 353 g/mol. The lowest BCUT2D eigenvalue weighted by molar-refractivity contribution is 0.0748. The van der Waals surface area contributed by atoms with Crippen LogP contribution in [-0.2, 0) is 0 Å². The first-order chi connectivity index (χ1) is 7.48. The lowest BCUT2D eigenvalue weighted by Crippen LogP contribution is -2.46. The molecule has 2 heterocycles. The molecule has 1 aliphatic rings. The van der Waals surface area contributed by atoms with Gasteiger partial charge in [-0.05, 0) is 42.5 Å². The molecule has 0 aliphatic carbocycles. The predicted octanol–water partition coefficient (Wildman–Crippen LogP) is 3.32. The molecule has 0 aromatic carbocycles. The van der Waals surface area contributed by atoms with Crippen LogP contribution in [0, 0.1) is 2.88 Å². The van der Waals surface area contributed by atoms with E-state index in [1.165, 1.54) is 2.88 Å². The second kappa shape index (κ2) is 4.86. The summed E-state index contributed by atoms with van der Waals surface area (Å²) in [6.45, 7) is 6.13. The Morgan fingerprint density at radius 2 is 2.31 bits per heavy atom. The van der Waals surface area contributed by atoms with Crippen LogP contribution >= 0.6 is 45.7 Å². The summed E-state index contributed by atoms with van der Waals surface area (Å²) in [7, 11) is 0. The normalized spacial score (nSPS) is 19.8. The van der Waals surface area contributed by atoms with E-state index in [0.717, 1.165) is 24.4 Å². The maximum atomic E-state index is 12.2. The number of thiophene rings is 1. The van der Waals surface area contributed by atoms with Crippen LogP contribution < -0.4 is 0 Å². The minimum atomic E-state index is 0.188. The number of rotatable bonds is 1. The van der Waals surface area contributed by atoms with Crippen LogP contribution in [-0.4, -0.2) is 34.4 Å². The number of carbonyl (C=O) groups excluding carboxylic acids is 1. The highest BCUT2D eigenvalue weighted by molar-refractivity contribution is 14.1. The number of hydrogen-bond donors (Lipinski definition) is 0. The zero-order valence-electron chi connectivity index (χ0n) is 9.33. The van der Waals surface area contributed by atoms with E-state index in [4.69, 9.17) is 0 Å². The molecule has 0 spiro atoms. The SMILES string of the molecule is CC1(C)CN(C(=O)c2csc(I)c2)CCS1. The van der Waals surface area contributed by atoms with Crippen molar-refractivity contribution in [1.82, 2.24) is 4.90 Å². The number of carbonyl (C=O) groups is 1. The third kappa shape index (κ3) is 2.92. The number of hydrogen-bond acceptors (Lipinski definition) is 3. The van der Waals surface area contributed by atoms with Gasteiger partial charge in [-0.25, -0.2) is 0 Å². The topological polar surface area (TPSA) is 20.3 Å². The van der Waals surface area contributed by atoms with Crippen LogP contribution in [0.15, 0.2) is 11.4 Å². The molecule has 1 saturated heterocycles. The van der Waals surface area contributed by atoms with Gasteiger partial charge in [0.1, 0.15) is 0 Å². The zero-order valence-corrected chi connectivity index (χ0v) is 13.1. The second-order valence-electron chi connectivity index (χ2n) is 4.47. The number of thioether (sulfide) groups is 1. The fourth-order valence-corrected chi connectivity index (χ4v) is 4.23. The molecule has 88 valence electrons. The van der Waals surface area contributed by atoms with E-state index in [-0.39, 0.29) is 10.7 Å². The summed E-state index contributed by atoms with van der Waals surface area (Å²) in [5, 5.41) is 1.96. The fourth-order valence-electron chi connectivity index (χ4n) is 1.79. The minimum Gasteiger partial charge on any atom is -0.336 e. The van der Waals surface area contributed by atoms with Gasteiger partial charge < -0.3 is 4.90 Å². The smallest absolute Gasteiger partial charge is 0.254 e. The lowest BCUT2D eigenvalue weighted by atomic mass is 10.1. The van der Waals surface area contributed by atoms with E-state index in [9.17, 15) is 4.79 Å². The van der Waals surface area contributed by atoms with E-state index in [0.29, 0.717) is 0 Å². The molecule has 0 bridgehead atoms. The first-order valence-corrected chi connectivity index (χ1v) is 8.10. The van der Waals surface area contributed by atoms with Gasteiger partial charge in [0.2, 0.25) is 0 Å². The highest BCUT2D eigenvalue weighted by Gasteiger charge is 2.30. The van der Waals surface area contributed by atoms with Gasteiger partial charge >= 0.3 is 0 Å². The molecule has 1 amide bonds. The highest BCUT2D eigenvalue weighted by atomic mass is 127. The van der Waals surface area contributed by atoms with E-state index in [1.54, 1.807) is 11.3 Å². The molecule has 1 aromatic heterocycles. The van der Waals surface area contributed by atoms with Crippen LogP contribution in [0.1, 0.15) is 24.2 Å². The quantitative estimate of drug-likeness (QED) is 0.710. The third-order valence-corrected chi connectivity index (χ3v) is 5.61. The lowest BCUT2D eigenvalue weighted by Gasteiger charge is -2.37. The number of amides is 1. The maximum absolute atomic E-state index is 12.2. The Kier molecular flexibility index (Phi) is 3.86. The summed E-state index contributed by atoms with van der Waals surface area (Å²) in [4.78, 5) is 14.2. The van der Waals surface area contributed by atoms with Gasteiger partial charge in [0.15, 0.2) is 0 Å². The van der Waals surface area contributed by atoms with Gasteiger partial charge in [-0.2, -0.15) is 11.8 Å². The highest BCUT2D eigenvalue weighted by Crippen LogP contribution is 2.30. The van der Waals surface area contributed by atoms with Crippen LogP contribution in [0.2, 0.25) is 0 Å². The van der Waals surface area contributed by atoms with E-state index < -0.39 is 0 Å². The maximum Gasteiger partial charge on any atom is 0.254 e. The average Bonchev–Trinajstić information content (AvgIpc) is 2.62. The van der Waals surface area contributed by atoms with Crippen LogP contribution in [0.3, 0.4) is 0 Å². The molecule has 0 unspecified atom stereocenters. The standard InChI is InChI=1S/C11H14INOS2/c1-11(2)7-13(3-4-16-11)10(14)8-5-9(12)15-6-8/h5-6H,3-4,7H2,1-2H3. The van der Waals surface area contributed by atoms with E-state index in [1.807, 2.05) is 28.1 Å². The Balaban J connectivity index is 2.10. The summed E-state index contributed by atoms with van der Waals surface area (Å²) < 4.78 is 1.36. The Morgan fingerprint density at radius 1 is 1.56 bits per heavy atom. The van der Waals surface area contributed by atoms with Crippen LogP contribution in [0.4, 0.5) is 0 Å². The Bertz CT molecular complexity index is 402. The van der Waals surface area contributed by atoms with Crippen molar-refractivity contribution in [3.8, 4) is 0 Å². The van der Waals surface area contributed by atoms with Crippen molar-refractivity contribution in [1.29, 1.82) is 0 Å². The number of halogens is 1. The van der Waals surface area contributed by atoms with Gasteiger partial charge in [-0.3, -0.25) is 4.79 Å². The molecule has 16 heavy (non-hydrogen) atoms. The molecule has 1 aromatic rings. The van der Waals surface area contributed by atoms with Gasteiger partial charge in [-0.1, -0.05) is 0 Å². The summed E-state index contributed by atoms with van der Waals surface area (Å²) in [5.41, 5.74) is 0.845.